The maximum Gasteiger partial charge on any atom is 0.416 e. The maximum atomic E-state index is 13.2. The second kappa shape index (κ2) is 9.94. The van der Waals surface area contributed by atoms with Crippen LogP contribution in [0, 0.1) is 19.8 Å². The van der Waals surface area contributed by atoms with Crippen LogP contribution in [0.4, 0.5) is 26.3 Å². The first-order chi connectivity index (χ1) is 17.2. The lowest BCUT2D eigenvalue weighted by Crippen LogP contribution is -2.55. The van der Waals surface area contributed by atoms with E-state index >= 15 is 0 Å². The van der Waals surface area contributed by atoms with Crippen LogP contribution in [0.25, 0.3) is 0 Å². The van der Waals surface area contributed by atoms with Crippen LogP contribution in [0.1, 0.15) is 59.6 Å². The lowest BCUT2D eigenvalue weighted by atomic mass is 9.88. The third kappa shape index (κ3) is 5.95. The van der Waals surface area contributed by atoms with Crippen molar-refractivity contribution in [3.8, 4) is 0 Å². The summed E-state index contributed by atoms with van der Waals surface area (Å²) in [7, 11) is 0. The highest BCUT2D eigenvalue weighted by Gasteiger charge is 2.52. The van der Waals surface area contributed by atoms with Gasteiger partial charge in [-0.2, -0.15) is 26.3 Å². The van der Waals surface area contributed by atoms with Crippen LogP contribution in [-0.2, 0) is 35.0 Å². The van der Waals surface area contributed by atoms with Crippen molar-refractivity contribution in [3.05, 3.63) is 69.8 Å². The highest BCUT2D eigenvalue weighted by molar-refractivity contribution is 5.80. The summed E-state index contributed by atoms with van der Waals surface area (Å²) in [6, 6.07) is 7.33. The van der Waals surface area contributed by atoms with Gasteiger partial charge in [0, 0.05) is 18.1 Å². The van der Waals surface area contributed by atoms with Crippen molar-refractivity contribution in [2.75, 3.05) is 0 Å². The molecule has 2 fully saturated rings. The Morgan fingerprint density at radius 1 is 1.05 bits per heavy atom. The fourth-order valence-corrected chi connectivity index (χ4v) is 5.49. The van der Waals surface area contributed by atoms with E-state index in [9.17, 15) is 31.1 Å². The minimum absolute atomic E-state index is 0.0751. The molecule has 2 saturated heterocycles. The van der Waals surface area contributed by atoms with E-state index in [0.717, 1.165) is 16.7 Å². The lowest BCUT2D eigenvalue weighted by Gasteiger charge is -2.39. The Hall–Kier alpha value is -2.59. The number of amides is 1. The van der Waals surface area contributed by atoms with Gasteiger partial charge in [-0.15, -0.1) is 0 Å². The van der Waals surface area contributed by atoms with E-state index in [1.807, 2.05) is 39.0 Å². The van der Waals surface area contributed by atoms with Gasteiger partial charge < -0.3 is 15.4 Å². The summed E-state index contributed by atoms with van der Waals surface area (Å²) in [6.45, 7) is 5.91. The molecular formula is C27H30F6N2O2. The van der Waals surface area contributed by atoms with Gasteiger partial charge in [0.05, 0.1) is 29.8 Å². The van der Waals surface area contributed by atoms with Gasteiger partial charge in [0.15, 0.2) is 0 Å². The van der Waals surface area contributed by atoms with Crippen molar-refractivity contribution in [2.24, 2.45) is 5.92 Å². The zero-order chi connectivity index (χ0) is 27.2. The van der Waals surface area contributed by atoms with Crippen molar-refractivity contribution >= 4 is 5.91 Å². The molecule has 2 heterocycles. The van der Waals surface area contributed by atoms with Crippen molar-refractivity contribution in [1.82, 2.24) is 10.6 Å². The molecule has 2 aromatic carbocycles. The van der Waals surface area contributed by atoms with E-state index in [-0.39, 0.29) is 29.5 Å². The maximum absolute atomic E-state index is 13.2. The number of carbonyl (C=O) groups excluding carboxylic acids is 1. The number of hydrogen-bond donors (Lipinski definition) is 2. The highest BCUT2D eigenvalue weighted by atomic mass is 19.4. The number of alkyl halides is 6. The van der Waals surface area contributed by atoms with Gasteiger partial charge in [0.25, 0.3) is 0 Å². The SMILES string of the molecule is Cc1cccc(CNC(=O)C2CC3(C)NC2CCC3OCc2cc(C(F)(F)F)cc(C(F)(F)F)c2)c1C. The van der Waals surface area contributed by atoms with E-state index < -0.39 is 41.7 Å². The number of aryl methyl sites for hydroxylation is 1. The summed E-state index contributed by atoms with van der Waals surface area (Å²) in [5, 5.41) is 6.45. The average Bonchev–Trinajstić information content (AvgIpc) is 3.09. The standard InChI is InChI=1S/C27H30F6N2O2/c1-15-5-4-6-18(16(15)2)13-34-24(36)21-12-25(3)23(8-7-22(21)35-25)37-14-17-9-19(26(28,29)30)11-20(10-17)27(31,32)33/h4-6,9-11,21-23,35H,7-8,12-14H2,1-3H3,(H,34,36). The number of piperidine rings is 1. The number of ether oxygens (including phenoxy) is 1. The number of carbonyl (C=O) groups is 1. The van der Waals surface area contributed by atoms with E-state index in [2.05, 4.69) is 10.6 Å². The second-order valence-corrected chi connectivity index (χ2v) is 10.3. The zero-order valence-electron chi connectivity index (χ0n) is 20.8. The predicted octanol–water partition coefficient (Wildman–Crippen LogP) is 6.07. The summed E-state index contributed by atoms with van der Waals surface area (Å²) in [5.74, 6) is -0.399. The quantitative estimate of drug-likeness (QED) is 0.448. The van der Waals surface area contributed by atoms with E-state index in [1.165, 1.54) is 0 Å². The minimum Gasteiger partial charge on any atom is -0.372 e. The molecule has 4 unspecified atom stereocenters. The molecular weight excluding hydrogens is 498 g/mol. The lowest BCUT2D eigenvalue weighted by molar-refractivity contribution is -0.143. The molecule has 10 heteroatoms. The second-order valence-electron chi connectivity index (χ2n) is 10.3. The topological polar surface area (TPSA) is 50.4 Å². The number of halogens is 6. The predicted molar refractivity (Wildman–Crippen MR) is 125 cm³/mol. The summed E-state index contributed by atoms with van der Waals surface area (Å²) in [6.07, 6.45) is -8.69. The normalized spacial score (nSPS) is 25.8. The third-order valence-corrected chi connectivity index (χ3v) is 7.70. The molecule has 0 aromatic heterocycles. The molecule has 0 aliphatic carbocycles. The number of benzene rings is 2. The number of fused-ring (bicyclic) bond motifs is 2. The van der Waals surface area contributed by atoms with Gasteiger partial charge in [0.2, 0.25) is 5.91 Å². The van der Waals surface area contributed by atoms with Crippen molar-refractivity contribution in [2.45, 2.75) is 83.2 Å². The Morgan fingerprint density at radius 2 is 1.70 bits per heavy atom. The number of hydrogen-bond acceptors (Lipinski definition) is 3. The van der Waals surface area contributed by atoms with Crippen LogP contribution < -0.4 is 10.6 Å². The summed E-state index contributed by atoms with van der Waals surface area (Å²) in [5.41, 5.74) is -0.261. The molecule has 2 aliphatic heterocycles. The van der Waals surface area contributed by atoms with Gasteiger partial charge >= 0.3 is 12.4 Å². The van der Waals surface area contributed by atoms with Crippen molar-refractivity contribution < 1.29 is 35.9 Å². The molecule has 2 N–H and O–H groups in total. The van der Waals surface area contributed by atoms with Crippen LogP contribution in [-0.4, -0.2) is 23.6 Å². The van der Waals surface area contributed by atoms with Crippen molar-refractivity contribution in [3.63, 3.8) is 0 Å². The van der Waals surface area contributed by atoms with Crippen LogP contribution in [0.3, 0.4) is 0 Å². The monoisotopic (exact) mass is 528 g/mol. The Labute approximate surface area is 211 Å². The van der Waals surface area contributed by atoms with Crippen LogP contribution >= 0.6 is 0 Å². The summed E-state index contributed by atoms with van der Waals surface area (Å²) >= 11 is 0. The van der Waals surface area contributed by atoms with Crippen molar-refractivity contribution in [1.29, 1.82) is 0 Å². The minimum atomic E-state index is -4.91. The Morgan fingerprint density at radius 3 is 2.32 bits per heavy atom. The molecule has 0 saturated carbocycles. The van der Waals surface area contributed by atoms with Gasteiger partial charge in [-0.3, -0.25) is 4.79 Å². The smallest absolute Gasteiger partial charge is 0.372 e. The highest BCUT2D eigenvalue weighted by Crippen LogP contribution is 2.42. The fourth-order valence-electron chi connectivity index (χ4n) is 5.49. The molecule has 1 amide bonds. The van der Waals surface area contributed by atoms with Gasteiger partial charge in [0.1, 0.15) is 0 Å². The Bertz CT molecular complexity index is 1130. The fraction of sp³-hybridized carbons (Fsp3) is 0.519. The Balaban J connectivity index is 1.42. The molecule has 2 aromatic rings. The van der Waals surface area contributed by atoms with Crippen LogP contribution in [0.15, 0.2) is 36.4 Å². The largest absolute Gasteiger partial charge is 0.416 e. The van der Waals surface area contributed by atoms with Crippen LogP contribution in [0.5, 0.6) is 0 Å². The molecule has 0 radical (unpaired) electrons. The molecule has 4 rings (SSSR count). The van der Waals surface area contributed by atoms with E-state index in [0.29, 0.717) is 37.9 Å². The number of rotatable bonds is 6. The molecule has 202 valence electrons. The molecule has 2 aliphatic rings. The first-order valence-corrected chi connectivity index (χ1v) is 12.2. The van der Waals surface area contributed by atoms with Gasteiger partial charge in [-0.1, -0.05) is 18.2 Å². The summed E-state index contributed by atoms with van der Waals surface area (Å²) in [4.78, 5) is 13.0. The van der Waals surface area contributed by atoms with Gasteiger partial charge in [-0.25, -0.2) is 0 Å². The first kappa shape index (κ1) is 27.4. The third-order valence-electron chi connectivity index (χ3n) is 7.70. The average molecular weight is 529 g/mol. The molecule has 4 nitrogen and oxygen atoms in total. The van der Waals surface area contributed by atoms with E-state index in [1.54, 1.807) is 0 Å². The first-order valence-electron chi connectivity index (χ1n) is 12.2. The molecule has 37 heavy (non-hydrogen) atoms. The van der Waals surface area contributed by atoms with E-state index in [4.69, 9.17) is 4.74 Å². The Kier molecular flexibility index (Phi) is 7.38. The molecule has 0 spiro atoms. The molecule has 4 atom stereocenters. The molecule has 2 bridgehead atoms. The van der Waals surface area contributed by atoms with Crippen LogP contribution in [0.2, 0.25) is 0 Å². The number of nitrogens with one attached hydrogen (secondary N) is 2. The zero-order valence-corrected chi connectivity index (χ0v) is 20.8. The van der Waals surface area contributed by atoms with Gasteiger partial charge in [-0.05, 0) is 80.5 Å². The summed E-state index contributed by atoms with van der Waals surface area (Å²) < 4.78 is 85.0.